The van der Waals surface area contributed by atoms with Gasteiger partial charge in [-0.05, 0) is 55.9 Å². The Labute approximate surface area is 223 Å². The molecule has 1 N–H and O–H groups in total. The number of hydrogen-bond acceptors (Lipinski definition) is 6. The third-order valence-electron chi connectivity index (χ3n) is 6.71. The van der Waals surface area contributed by atoms with Crippen LogP contribution in [-0.2, 0) is 30.7 Å². The van der Waals surface area contributed by atoms with Crippen LogP contribution in [0.3, 0.4) is 0 Å². The number of aromatic nitrogens is 1. The minimum Gasteiger partial charge on any atom is -0.481 e. The minimum atomic E-state index is -3.55. The van der Waals surface area contributed by atoms with Crippen molar-refractivity contribution in [1.29, 1.82) is 0 Å². The highest BCUT2D eigenvalue weighted by molar-refractivity contribution is 7.92. The smallest absolute Gasteiger partial charge is 0.305 e. The molecule has 4 rings (SSSR count). The molecule has 0 amide bonds. The predicted molar refractivity (Wildman–Crippen MR) is 144 cm³/mol. The second-order valence-corrected chi connectivity index (χ2v) is 12.6. The van der Waals surface area contributed by atoms with E-state index >= 15 is 0 Å². The van der Waals surface area contributed by atoms with Crippen molar-refractivity contribution in [3.8, 4) is 11.1 Å². The predicted octanol–water partition coefficient (Wildman–Crippen LogP) is 5.12. The fraction of sp³-hybridized carbons (Fsp3) is 0.500. The summed E-state index contributed by atoms with van der Waals surface area (Å²) >= 11 is 0. The lowest BCUT2D eigenvalue weighted by molar-refractivity contribution is -0.290. The summed E-state index contributed by atoms with van der Waals surface area (Å²) in [6, 6.07) is 6.18. The lowest BCUT2D eigenvalue weighted by atomic mass is 9.87. The summed E-state index contributed by atoms with van der Waals surface area (Å²) in [4.78, 5) is 16.2. The molecule has 1 aromatic carbocycles. The fourth-order valence-corrected chi connectivity index (χ4v) is 6.19. The Bertz CT molecular complexity index is 1340. The Kier molecular flexibility index (Phi) is 7.97. The first kappa shape index (κ1) is 28.2. The fourth-order valence-electron chi connectivity index (χ4n) is 5.26. The molecule has 0 aliphatic carbocycles. The maximum absolute atomic E-state index is 13.9. The molecule has 0 spiro atoms. The van der Waals surface area contributed by atoms with Crippen molar-refractivity contribution in [3.63, 3.8) is 0 Å². The number of anilines is 1. The molecule has 2 aliphatic rings. The van der Waals surface area contributed by atoms with Gasteiger partial charge in [0, 0.05) is 24.1 Å². The van der Waals surface area contributed by atoms with Gasteiger partial charge in [0.15, 0.2) is 5.79 Å². The zero-order chi connectivity index (χ0) is 27.8. The molecule has 206 valence electrons. The van der Waals surface area contributed by atoms with Crippen molar-refractivity contribution >= 4 is 27.9 Å². The van der Waals surface area contributed by atoms with Gasteiger partial charge in [0.25, 0.3) is 0 Å². The van der Waals surface area contributed by atoms with Crippen LogP contribution in [0.1, 0.15) is 69.7 Å². The maximum atomic E-state index is 13.9. The van der Waals surface area contributed by atoms with E-state index in [1.807, 2.05) is 26.0 Å². The van der Waals surface area contributed by atoms with Gasteiger partial charge < -0.3 is 14.6 Å². The van der Waals surface area contributed by atoms with Crippen molar-refractivity contribution in [2.45, 2.75) is 77.3 Å². The Morgan fingerprint density at radius 2 is 1.95 bits per heavy atom. The topological polar surface area (TPSA) is 106 Å². The number of hydrogen-bond donors (Lipinski definition) is 1. The van der Waals surface area contributed by atoms with Gasteiger partial charge in [-0.1, -0.05) is 38.1 Å². The summed E-state index contributed by atoms with van der Waals surface area (Å²) in [7, 11) is -3.55. The first-order chi connectivity index (χ1) is 17.7. The Balaban J connectivity index is 1.88. The standard InChI is InChI=1S/C28H35FN2O6S/c1-17(2)26-22(13-12-20-15-21(16-24(32)33)37-28(3,4)36-20)25(18-8-10-19(29)11-9-18)23-7-6-14-31(27(23)30-26)38(5,34)35/h8-13,17,20-21H,6-7,14-16H2,1-5H3,(H,32,33). The number of ether oxygens (including phenoxy) is 2. The van der Waals surface area contributed by atoms with Gasteiger partial charge in [-0.3, -0.25) is 9.10 Å². The number of nitrogens with zero attached hydrogens (tertiary/aromatic N) is 2. The summed E-state index contributed by atoms with van der Waals surface area (Å²) in [5.74, 6) is -1.89. The van der Waals surface area contributed by atoms with Crippen LogP contribution >= 0.6 is 0 Å². The average Bonchev–Trinajstić information content (AvgIpc) is 2.80. The first-order valence-corrected chi connectivity index (χ1v) is 14.7. The van der Waals surface area contributed by atoms with E-state index in [9.17, 15) is 22.7 Å². The van der Waals surface area contributed by atoms with Gasteiger partial charge in [0.2, 0.25) is 10.0 Å². The van der Waals surface area contributed by atoms with Crippen molar-refractivity contribution in [3.05, 3.63) is 53.0 Å². The zero-order valence-electron chi connectivity index (χ0n) is 22.4. The van der Waals surface area contributed by atoms with E-state index in [0.717, 1.165) is 22.3 Å². The van der Waals surface area contributed by atoms with Crippen molar-refractivity contribution in [2.75, 3.05) is 17.1 Å². The lowest BCUT2D eigenvalue weighted by Crippen LogP contribution is -2.44. The number of carbonyl (C=O) groups is 1. The van der Waals surface area contributed by atoms with Gasteiger partial charge in [-0.25, -0.2) is 17.8 Å². The summed E-state index contributed by atoms with van der Waals surface area (Å²) in [5, 5.41) is 9.28. The van der Waals surface area contributed by atoms with Gasteiger partial charge >= 0.3 is 5.97 Å². The summed E-state index contributed by atoms with van der Waals surface area (Å²) in [5.41, 5.74) is 3.90. The van der Waals surface area contributed by atoms with Crippen LogP contribution < -0.4 is 4.31 Å². The normalized spacial score (nSPS) is 21.6. The molecule has 0 bridgehead atoms. The minimum absolute atomic E-state index is 0.0470. The Morgan fingerprint density at radius 1 is 1.26 bits per heavy atom. The van der Waals surface area contributed by atoms with Crippen LogP contribution in [0.5, 0.6) is 0 Å². The summed E-state index contributed by atoms with van der Waals surface area (Å²) < 4.78 is 52.4. The van der Waals surface area contributed by atoms with Crippen LogP contribution in [0.25, 0.3) is 17.2 Å². The SMILES string of the molecule is CC(C)c1nc2c(c(-c3ccc(F)cc3)c1C=CC1CC(CC(=O)O)OC(C)(C)O1)CCCN2S(C)(=O)=O. The number of pyridine rings is 1. The van der Waals surface area contributed by atoms with Gasteiger partial charge in [0.05, 0.1) is 30.6 Å². The lowest BCUT2D eigenvalue weighted by Gasteiger charge is -2.39. The number of benzene rings is 1. The molecule has 0 saturated carbocycles. The van der Waals surface area contributed by atoms with Crippen molar-refractivity contribution < 1.29 is 32.2 Å². The third kappa shape index (κ3) is 6.24. The molecule has 0 radical (unpaired) electrons. The average molecular weight is 547 g/mol. The number of halogens is 1. The second kappa shape index (κ2) is 10.7. The van der Waals surface area contributed by atoms with Crippen LogP contribution in [-0.4, -0.2) is 55.3 Å². The molecule has 10 heteroatoms. The first-order valence-electron chi connectivity index (χ1n) is 12.8. The highest BCUT2D eigenvalue weighted by Crippen LogP contribution is 2.41. The molecule has 2 atom stereocenters. The highest BCUT2D eigenvalue weighted by atomic mass is 32.2. The molecule has 2 aromatic rings. The molecular weight excluding hydrogens is 511 g/mol. The number of fused-ring (bicyclic) bond motifs is 1. The largest absolute Gasteiger partial charge is 0.481 e. The van der Waals surface area contributed by atoms with E-state index in [4.69, 9.17) is 14.5 Å². The van der Waals surface area contributed by atoms with Crippen LogP contribution in [0.15, 0.2) is 30.3 Å². The van der Waals surface area contributed by atoms with E-state index in [-0.39, 0.29) is 18.2 Å². The van der Waals surface area contributed by atoms with Crippen LogP contribution in [0.2, 0.25) is 0 Å². The Hall–Kier alpha value is -2.82. The Morgan fingerprint density at radius 3 is 2.55 bits per heavy atom. The van der Waals surface area contributed by atoms with E-state index in [1.54, 1.807) is 26.0 Å². The number of rotatable bonds is 7. The van der Waals surface area contributed by atoms with Crippen molar-refractivity contribution in [2.24, 2.45) is 0 Å². The van der Waals surface area contributed by atoms with E-state index in [0.29, 0.717) is 37.3 Å². The third-order valence-corrected chi connectivity index (χ3v) is 7.86. The molecule has 2 aliphatic heterocycles. The highest BCUT2D eigenvalue weighted by Gasteiger charge is 2.36. The van der Waals surface area contributed by atoms with Crippen LogP contribution in [0.4, 0.5) is 10.2 Å². The van der Waals surface area contributed by atoms with Crippen molar-refractivity contribution in [1.82, 2.24) is 4.98 Å². The molecule has 1 aromatic heterocycles. The van der Waals surface area contributed by atoms with E-state index < -0.39 is 34.0 Å². The summed E-state index contributed by atoms with van der Waals surface area (Å²) in [6.45, 7) is 7.84. The number of sulfonamides is 1. The number of aliphatic carboxylic acids is 1. The molecule has 1 fully saturated rings. The molecule has 3 heterocycles. The zero-order valence-corrected chi connectivity index (χ0v) is 23.2. The number of carboxylic acid groups (broad SMARTS) is 1. The molecule has 2 unspecified atom stereocenters. The molecule has 38 heavy (non-hydrogen) atoms. The maximum Gasteiger partial charge on any atom is 0.305 e. The molecular formula is C28H35FN2O6S. The quantitative estimate of drug-likeness (QED) is 0.514. The van der Waals surface area contributed by atoms with E-state index in [2.05, 4.69) is 0 Å². The summed E-state index contributed by atoms with van der Waals surface area (Å²) in [6.07, 6.45) is 5.58. The van der Waals surface area contributed by atoms with Gasteiger partial charge in [-0.2, -0.15) is 0 Å². The van der Waals surface area contributed by atoms with E-state index in [1.165, 1.54) is 22.7 Å². The van der Waals surface area contributed by atoms with Crippen LogP contribution in [0, 0.1) is 5.82 Å². The molecule has 1 saturated heterocycles. The number of carboxylic acids is 1. The van der Waals surface area contributed by atoms with Gasteiger partial charge in [-0.15, -0.1) is 0 Å². The molecule has 8 nitrogen and oxygen atoms in total. The second-order valence-electron chi connectivity index (χ2n) is 10.7. The van der Waals surface area contributed by atoms with Gasteiger partial charge in [0.1, 0.15) is 11.6 Å². The monoisotopic (exact) mass is 546 g/mol.